The number of carbonyl (C=O) groups excluding carboxylic acids is 1. The van der Waals surface area contributed by atoms with Crippen molar-refractivity contribution in [2.45, 2.75) is 33.2 Å². The van der Waals surface area contributed by atoms with Gasteiger partial charge in [-0.05, 0) is 18.1 Å². The van der Waals surface area contributed by atoms with Gasteiger partial charge in [-0.1, -0.05) is 20.8 Å². The molecule has 1 aliphatic rings. The maximum atomic E-state index is 11.5. The maximum absolute atomic E-state index is 11.5. The van der Waals surface area contributed by atoms with Crippen LogP contribution in [0.5, 0.6) is 0 Å². The van der Waals surface area contributed by atoms with E-state index in [2.05, 4.69) is 13.8 Å². The highest BCUT2D eigenvalue weighted by Gasteiger charge is 2.35. The number of amides is 1. The maximum Gasteiger partial charge on any atom is 0.266 e. The van der Waals surface area contributed by atoms with Crippen LogP contribution >= 0.6 is 12.2 Å². The predicted octanol–water partition coefficient (Wildman–Crippen LogP) is 1.56. The van der Waals surface area contributed by atoms with Gasteiger partial charge in [-0.15, -0.1) is 0 Å². The Kier molecular flexibility index (Phi) is 3.25. The molecule has 0 radical (unpaired) electrons. The van der Waals surface area contributed by atoms with E-state index in [4.69, 9.17) is 17.0 Å². The average Bonchev–Trinajstić information content (AvgIpc) is 2.46. The number of thiocarbonyl (C=S) groups is 1. The van der Waals surface area contributed by atoms with E-state index >= 15 is 0 Å². The zero-order valence-electron chi connectivity index (χ0n) is 8.24. The van der Waals surface area contributed by atoms with Gasteiger partial charge >= 0.3 is 0 Å². The van der Waals surface area contributed by atoms with Gasteiger partial charge in [0.1, 0.15) is 6.61 Å². The van der Waals surface area contributed by atoms with Crippen molar-refractivity contribution in [3.05, 3.63) is 0 Å². The smallest absolute Gasteiger partial charge is 0.266 e. The van der Waals surface area contributed by atoms with Crippen molar-refractivity contribution >= 4 is 23.3 Å². The minimum Gasteiger partial charge on any atom is -0.468 e. The number of nitrogens with zero attached hydrogens (tertiary/aromatic N) is 1. The fourth-order valence-corrected chi connectivity index (χ4v) is 1.69. The minimum atomic E-state index is 0.0567. The Morgan fingerprint density at radius 1 is 1.77 bits per heavy atom. The van der Waals surface area contributed by atoms with E-state index in [9.17, 15) is 4.79 Å². The van der Waals surface area contributed by atoms with Gasteiger partial charge in [-0.2, -0.15) is 0 Å². The zero-order chi connectivity index (χ0) is 10.0. The van der Waals surface area contributed by atoms with E-state index in [1.54, 1.807) is 4.90 Å². The van der Waals surface area contributed by atoms with Gasteiger partial charge < -0.3 is 4.74 Å². The number of hydrogen-bond donors (Lipinski definition) is 0. The van der Waals surface area contributed by atoms with Crippen LogP contribution in [0.1, 0.15) is 27.2 Å². The Labute approximate surface area is 84.0 Å². The molecule has 0 aromatic carbocycles. The van der Waals surface area contributed by atoms with Crippen molar-refractivity contribution in [3.63, 3.8) is 0 Å². The summed E-state index contributed by atoms with van der Waals surface area (Å²) in [7, 11) is 0. The highest BCUT2D eigenvalue weighted by Crippen LogP contribution is 2.20. The van der Waals surface area contributed by atoms with Gasteiger partial charge in [0, 0.05) is 6.42 Å². The van der Waals surface area contributed by atoms with Gasteiger partial charge in [0.2, 0.25) is 5.91 Å². The van der Waals surface area contributed by atoms with Crippen LogP contribution in [0.3, 0.4) is 0 Å². The molecule has 1 aliphatic heterocycles. The molecule has 0 aromatic heterocycles. The summed E-state index contributed by atoms with van der Waals surface area (Å²) in [4.78, 5) is 13.1. The number of carbonyl (C=O) groups is 1. The number of ether oxygens (including phenoxy) is 1. The normalized spacial score (nSPS) is 22.3. The van der Waals surface area contributed by atoms with Crippen molar-refractivity contribution < 1.29 is 9.53 Å². The summed E-state index contributed by atoms with van der Waals surface area (Å²) in [5.41, 5.74) is 0. The summed E-state index contributed by atoms with van der Waals surface area (Å²) >= 11 is 4.96. The van der Waals surface area contributed by atoms with Crippen molar-refractivity contribution in [1.82, 2.24) is 4.90 Å². The Hall–Kier alpha value is -0.640. The number of rotatable bonds is 2. The molecule has 0 bridgehead atoms. The highest BCUT2D eigenvalue weighted by molar-refractivity contribution is 7.80. The second-order valence-electron chi connectivity index (χ2n) is 3.51. The molecule has 0 saturated carbocycles. The molecule has 3 nitrogen and oxygen atoms in total. The third kappa shape index (κ3) is 1.99. The summed E-state index contributed by atoms with van der Waals surface area (Å²) < 4.78 is 5.20. The molecule has 0 spiro atoms. The van der Waals surface area contributed by atoms with E-state index in [0.29, 0.717) is 24.1 Å². The minimum absolute atomic E-state index is 0.0567. The van der Waals surface area contributed by atoms with Crippen LogP contribution < -0.4 is 0 Å². The molecule has 1 fully saturated rings. The van der Waals surface area contributed by atoms with Crippen LogP contribution in [-0.4, -0.2) is 28.6 Å². The standard InChI is InChI=1S/C9H15NO2S/c1-4-8(11)10-7(6(2)3)5-12-9(10)13/h6-7H,4-5H2,1-3H3/t7-/m0/s1. The van der Waals surface area contributed by atoms with E-state index in [-0.39, 0.29) is 11.9 Å². The third-order valence-electron chi connectivity index (χ3n) is 2.25. The Morgan fingerprint density at radius 2 is 2.38 bits per heavy atom. The Morgan fingerprint density at radius 3 is 2.85 bits per heavy atom. The van der Waals surface area contributed by atoms with Gasteiger partial charge in [0.25, 0.3) is 5.17 Å². The largest absolute Gasteiger partial charge is 0.468 e. The third-order valence-corrected chi connectivity index (χ3v) is 2.56. The fraction of sp³-hybridized carbons (Fsp3) is 0.778. The highest BCUT2D eigenvalue weighted by atomic mass is 32.1. The predicted molar refractivity (Wildman–Crippen MR) is 54.3 cm³/mol. The first-order chi connectivity index (χ1) is 6.07. The molecule has 0 aliphatic carbocycles. The van der Waals surface area contributed by atoms with Crippen LogP contribution in [0.2, 0.25) is 0 Å². The van der Waals surface area contributed by atoms with Gasteiger partial charge in [-0.3, -0.25) is 9.69 Å². The second-order valence-corrected chi connectivity index (χ2v) is 3.85. The molecular formula is C9H15NO2S. The van der Waals surface area contributed by atoms with E-state index in [1.165, 1.54) is 0 Å². The molecule has 13 heavy (non-hydrogen) atoms. The molecule has 74 valence electrons. The second kappa shape index (κ2) is 4.05. The quantitative estimate of drug-likeness (QED) is 0.635. The van der Waals surface area contributed by atoms with E-state index in [1.807, 2.05) is 6.92 Å². The molecule has 4 heteroatoms. The monoisotopic (exact) mass is 201 g/mol. The van der Waals surface area contributed by atoms with Crippen LogP contribution in [-0.2, 0) is 9.53 Å². The van der Waals surface area contributed by atoms with Crippen molar-refractivity contribution in [2.24, 2.45) is 5.92 Å². The van der Waals surface area contributed by atoms with Crippen LogP contribution in [0.15, 0.2) is 0 Å². The van der Waals surface area contributed by atoms with Crippen LogP contribution in [0.4, 0.5) is 0 Å². The lowest BCUT2D eigenvalue weighted by Crippen LogP contribution is -2.41. The van der Waals surface area contributed by atoms with Crippen molar-refractivity contribution in [1.29, 1.82) is 0 Å². The summed E-state index contributed by atoms with van der Waals surface area (Å²) in [6.07, 6.45) is 0.479. The summed E-state index contributed by atoms with van der Waals surface area (Å²) in [6.45, 7) is 6.51. The molecule has 1 saturated heterocycles. The van der Waals surface area contributed by atoms with E-state index < -0.39 is 0 Å². The van der Waals surface area contributed by atoms with Crippen molar-refractivity contribution in [2.75, 3.05) is 6.61 Å². The van der Waals surface area contributed by atoms with Gasteiger partial charge in [0.05, 0.1) is 6.04 Å². The first-order valence-corrected chi connectivity index (χ1v) is 4.97. The summed E-state index contributed by atoms with van der Waals surface area (Å²) in [6, 6.07) is 0.125. The summed E-state index contributed by atoms with van der Waals surface area (Å²) in [5.74, 6) is 0.442. The zero-order valence-corrected chi connectivity index (χ0v) is 9.06. The molecule has 0 unspecified atom stereocenters. The molecular weight excluding hydrogens is 186 g/mol. The SMILES string of the molecule is CCC(=O)N1C(=S)OC[C@H]1C(C)C. The molecule has 1 rings (SSSR count). The van der Waals surface area contributed by atoms with E-state index in [0.717, 1.165) is 0 Å². The topological polar surface area (TPSA) is 29.5 Å². The molecule has 1 atom stereocenters. The lowest BCUT2D eigenvalue weighted by atomic mass is 10.0. The molecule has 0 aromatic rings. The Bertz CT molecular complexity index is 228. The molecule has 0 N–H and O–H groups in total. The van der Waals surface area contributed by atoms with Gasteiger partial charge in [-0.25, -0.2) is 0 Å². The summed E-state index contributed by atoms with van der Waals surface area (Å²) in [5, 5.41) is 0.338. The molecule has 1 heterocycles. The van der Waals surface area contributed by atoms with Crippen molar-refractivity contribution in [3.8, 4) is 0 Å². The first kappa shape index (κ1) is 10.4. The lowest BCUT2D eigenvalue weighted by molar-refractivity contribution is -0.128. The first-order valence-electron chi connectivity index (χ1n) is 4.56. The van der Waals surface area contributed by atoms with Gasteiger partial charge in [0.15, 0.2) is 0 Å². The molecule has 1 amide bonds. The van der Waals surface area contributed by atoms with Crippen LogP contribution in [0, 0.1) is 5.92 Å². The van der Waals surface area contributed by atoms with Crippen LogP contribution in [0.25, 0.3) is 0 Å². The number of hydrogen-bond acceptors (Lipinski definition) is 3. The fourth-order valence-electron chi connectivity index (χ4n) is 1.38. The average molecular weight is 201 g/mol. The lowest BCUT2D eigenvalue weighted by Gasteiger charge is -2.23. The Balaban J connectivity index is 2.77.